The van der Waals surface area contributed by atoms with E-state index in [-0.39, 0.29) is 17.5 Å². The number of carbonyl (C=O) groups excluding carboxylic acids is 1. The minimum absolute atomic E-state index is 0.106. The summed E-state index contributed by atoms with van der Waals surface area (Å²) in [6.45, 7) is 4.91. The molecule has 0 aliphatic rings. The van der Waals surface area contributed by atoms with E-state index >= 15 is 0 Å². The number of ether oxygens (including phenoxy) is 1. The molecular weight excluding hydrogens is 406 g/mol. The molecule has 25 heavy (non-hydrogen) atoms. The molecule has 0 N–H and O–H groups in total. The number of sulfonamides is 1. The second kappa shape index (κ2) is 8.01. The van der Waals surface area contributed by atoms with Crippen LogP contribution in [0.4, 0.5) is 5.69 Å². The number of nitrogens with zero attached hydrogens (tertiary/aromatic N) is 1. The molecule has 0 saturated carbocycles. The Hall–Kier alpha value is -1.86. The molecule has 0 unspecified atom stereocenters. The first kappa shape index (κ1) is 19.5. The Morgan fingerprint density at radius 1 is 1.16 bits per heavy atom. The molecule has 0 aliphatic carbocycles. The summed E-state index contributed by atoms with van der Waals surface area (Å²) >= 11 is 3.29. The number of rotatable bonds is 6. The van der Waals surface area contributed by atoms with Gasteiger partial charge in [0.25, 0.3) is 10.0 Å². The van der Waals surface area contributed by atoms with Crippen LogP contribution in [0.1, 0.15) is 19.4 Å². The molecule has 7 heteroatoms. The Labute approximate surface area is 156 Å². The molecule has 0 spiro atoms. The first-order valence-electron chi connectivity index (χ1n) is 7.74. The number of hydrogen-bond donors (Lipinski definition) is 0. The Morgan fingerprint density at radius 3 is 2.36 bits per heavy atom. The van der Waals surface area contributed by atoms with E-state index < -0.39 is 16.0 Å². The fourth-order valence-electron chi connectivity index (χ4n) is 2.25. The predicted octanol–water partition coefficient (Wildman–Crippen LogP) is 3.90. The number of benzene rings is 2. The summed E-state index contributed by atoms with van der Waals surface area (Å²) in [5, 5.41) is 0. The maximum atomic E-state index is 13.1. The summed E-state index contributed by atoms with van der Waals surface area (Å²) in [6.07, 6.45) is -0.317. The standard InChI is InChI=1S/C18H20BrNO4S/c1-13(2)24-18(21)12-20(16-6-4-5-14(3)11-16)25(22,23)17-9-7-15(19)8-10-17/h4-11,13H,12H2,1-3H3. The van der Waals surface area contributed by atoms with Gasteiger partial charge in [-0.3, -0.25) is 9.10 Å². The van der Waals surface area contributed by atoms with Gasteiger partial charge in [-0.2, -0.15) is 0 Å². The van der Waals surface area contributed by atoms with Gasteiger partial charge >= 0.3 is 5.97 Å². The minimum Gasteiger partial charge on any atom is -0.462 e. The molecule has 0 fully saturated rings. The number of carbonyl (C=O) groups is 1. The maximum Gasteiger partial charge on any atom is 0.327 e. The molecule has 0 heterocycles. The summed E-state index contributed by atoms with van der Waals surface area (Å²) in [5.41, 5.74) is 1.31. The lowest BCUT2D eigenvalue weighted by molar-refractivity contribution is -0.145. The van der Waals surface area contributed by atoms with Crippen LogP contribution in [0.15, 0.2) is 57.9 Å². The van der Waals surface area contributed by atoms with Crippen molar-refractivity contribution >= 4 is 37.6 Å². The Bertz CT molecular complexity index is 848. The quantitative estimate of drug-likeness (QED) is 0.658. The highest BCUT2D eigenvalue weighted by molar-refractivity contribution is 9.10. The van der Waals surface area contributed by atoms with Gasteiger partial charge in [-0.15, -0.1) is 0 Å². The van der Waals surface area contributed by atoms with E-state index in [1.807, 2.05) is 13.0 Å². The highest BCUT2D eigenvalue weighted by Gasteiger charge is 2.28. The molecule has 0 atom stereocenters. The minimum atomic E-state index is -3.91. The zero-order chi connectivity index (χ0) is 18.6. The zero-order valence-corrected chi connectivity index (χ0v) is 16.7. The molecule has 0 radical (unpaired) electrons. The van der Waals surface area contributed by atoms with Crippen molar-refractivity contribution in [2.75, 3.05) is 10.8 Å². The van der Waals surface area contributed by atoms with E-state index in [2.05, 4.69) is 15.9 Å². The van der Waals surface area contributed by atoms with Gasteiger partial charge in [-0.1, -0.05) is 28.1 Å². The van der Waals surface area contributed by atoms with Crippen LogP contribution in [0, 0.1) is 6.92 Å². The van der Waals surface area contributed by atoms with E-state index in [1.165, 1.54) is 12.1 Å². The molecule has 0 aromatic heterocycles. The topological polar surface area (TPSA) is 63.7 Å². The van der Waals surface area contributed by atoms with Crippen LogP contribution in [-0.4, -0.2) is 27.0 Å². The molecule has 5 nitrogen and oxygen atoms in total. The van der Waals surface area contributed by atoms with Crippen molar-refractivity contribution in [2.45, 2.75) is 31.8 Å². The van der Waals surface area contributed by atoms with Gasteiger partial charge < -0.3 is 4.74 Å². The van der Waals surface area contributed by atoms with E-state index in [4.69, 9.17) is 4.74 Å². The monoisotopic (exact) mass is 425 g/mol. The average Bonchev–Trinajstić information content (AvgIpc) is 2.52. The summed E-state index contributed by atoms with van der Waals surface area (Å²) in [6, 6.07) is 13.3. The van der Waals surface area contributed by atoms with Crippen LogP contribution in [0.25, 0.3) is 0 Å². The van der Waals surface area contributed by atoms with Gasteiger partial charge in [0.15, 0.2) is 0 Å². The summed E-state index contributed by atoms with van der Waals surface area (Å²) < 4.78 is 33.1. The van der Waals surface area contributed by atoms with Crippen LogP contribution in [0.3, 0.4) is 0 Å². The van der Waals surface area contributed by atoms with Crippen molar-refractivity contribution < 1.29 is 17.9 Å². The lowest BCUT2D eigenvalue weighted by atomic mass is 10.2. The second-order valence-corrected chi connectivity index (χ2v) is 8.62. The summed E-state index contributed by atoms with van der Waals surface area (Å²) in [7, 11) is -3.91. The summed E-state index contributed by atoms with van der Waals surface area (Å²) in [4.78, 5) is 12.2. The van der Waals surface area contributed by atoms with E-state index in [9.17, 15) is 13.2 Å². The van der Waals surface area contributed by atoms with Crippen LogP contribution >= 0.6 is 15.9 Å². The average molecular weight is 426 g/mol. The third kappa shape index (κ3) is 5.06. The first-order valence-corrected chi connectivity index (χ1v) is 9.98. The number of esters is 1. The number of aryl methyl sites for hydroxylation is 1. The molecule has 0 saturated heterocycles. The highest BCUT2D eigenvalue weighted by Crippen LogP contribution is 2.25. The van der Waals surface area contributed by atoms with Crippen molar-refractivity contribution in [1.82, 2.24) is 0 Å². The fourth-order valence-corrected chi connectivity index (χ4v) is 3.91. The smallest absolute Gasteiger partial charge is 0.327 e. The molecular formula is C18H20BrNO4S. The third-order valence-electron chi connectivity index (χ3n) is 3.33. The van der Waals surface area contributed by atoms with Crippen LogP contribution in [0.2, 0.25) is 0 Å². The van der Waals surface area contributed by atoms with Crippen LogP contribution in [-0.2, 0) is 19.6 Å². The SMILES string of the molecule is Cc1cccc(N(CC(=O)OC(C)C)S(=O)(=O)c2ccc(Br)cc2)c1. The van der Waals surface area contributed by atoms with Crippen LogP contribution in [0.5, 0.6) is 0 Å². The lowest BCUT2D eigenvalue weighted by Crippen LogP contribution is -2.37. The summed E-state index contributed by atoms with van der Waals surface area (Å²) in [5.74, 6) is -0.600. The molecule has 134 valence electrons. The lowest BCUT2D eigenvalue weighted by Gasteiger charge is -2.24. The van der Waals surface area contributed by atoms with E-state index in [1.54, 1.807) is 44.2 Å². The first-order chi connectivity index (χ1) is 11.7. The number of anilines is 1. The molecule has 0 amide bonds. The van der Waals surface area contributed by atoms with Crippen molar-refractivity contribution in [3.8, 4) is 0 Å². The van der Waals surface area contributed by atoms with Gasteiger partial charge in [0.2, 0.25) is 0 Å². The Morgan fingerprint density at radius 2 is 1.80 bits per heavy atom. The second-order valence-electron chi connectivity index (χ2n) is 5.84. The van der Waals surface area contributed by atoms with Crippen molar-refractivity contribution in [2.24, 2.45) is 0 Å². The largest absolute Gasteiger partial charge is 0.462 e. The zero-order valence-electron chi connectivity index (χ0n) is 14.3. The van der Waals surface area contributed by atoms with Gasteiger partial charge in [0.05, 0.1) is 16.7 Å². The highest BCUT2D eigenvalue weighted by atomic mass is 79.9. The number of halogens is 1. The van der Waals surface area contributed by atoms with Crippen molar-refractivity contribution in [3.05, 3.63) is 58.6 Å². The van der Waals surface area contributed by atoms with Gasteiger partial charge in [0.1, 0.15) is 6.54 Å². The Balaban J connectivity index is 2.46. The van der Waals surface area contributed by atoms with E-state index in [0.29, 0.717) is 5.69 Å². The van der Waals surface area contributed by atoms with E-state index in [0.717, 1.165) is 14.3 Å². The fraction of sp³-hybridized carbons (Fsp3) is 0.278. The number of hydrogen-bond acceptors (Lipinski definition) is 4. The third-order valence-corrected chi connectivity index (χ3v) is 5.65. The molecule has 0 bridgehead atoms. The molecule has 2 rings (SSSR count). The molecule has 0 aliphatic heterocycles. The van der Waals surface area contributed by atoms with Crippen LogP contribution < -0.4 is 4.31 Å². The maximum absolute atomic E-state index is 13.1. The molecule has 2 aromatic rings. The predicted molar refractivity (Wildman–Crippen MR) is 101 cm³/mol. The van der Waals surface area contributed by atoms with Crippen molar-refractivity contribution in [3.63, 3.8) is 0 Å². The Kier molecular flexibility index (Phi) is 6.24. The van der Waals surface area contributed by atoms with Gasteiger partial charge in [0, 0.05) is 4.47 Å². The normalized spacial score (nSPS) is 11.4. The molecule has 2 aromatic carbocycles. The van der Waals surface area contributed by atoms with Gasteiger partial charge in [-0.05, 0) is 62.7 Å². The van der Waals surface area contributed by atoms with Gasteiger partial charge in [-0.25, -0.2) is 8.42 Å². The van der Waals surface area contributed by atoms with Crippen molar-refractivity contribution in [1.29, 1.82) is 0 Å².